The second-order valence-electron chi connectivity index (χ2n) is 7.06. The Hall–Kier alpha value is -1.96. The number of sulfonamides is 1. The van der Waals surface area contributed by atoms with Crippen molar-refractivity contribution in [2.45, 2.75) is 49.6 Å². The second kappa shape index (κ2) is 9.03. The summed E-state index contributed by atoms with van der Waals surface area (Å²) >= 11 is 5.90. The molecule has 150 valence electrons. The summed E-state index contributed by atoms with van der Waals surface area (Å²) in [5.74, 6) is -0.131. The molecular weight excluding hydrogens is 398 g/mol. The molecule has 0 bridgehead atoms. The molecule has 8 heteroatoms. The van der Waals surface area contributed by atoms with Crippen LogP contribution in [0.1, 0.15) is 31.7 Å². The van der Waals surface area contributed by atoms with Crippen molar-refractivity contribution < 1.29 is 13.2 Å². The zero-order chi connectivity index (χ0) is 20.1. The van der Waals surface area contributed by atoms with E-state index < -0.39 is 10.0 Å². The number of nitrogens with zero attached hydrogens (tertiary/aromatic N) is 2. The fraction of sp³-hybridized carbons (Fsp3) is 0.400. The molecule has 2 aromatic rings. The van der Waals surface area contributed by atoms with E-state index in [9.17, 15) is 13.2 Å². The van der Waals surface area contributed by atoms with Gasteiger partial charge < -0.3 is 5.32 Å². The molecule has 0 radical (unpaired) electrons. The summed E-state index contributed by atoms with van der Waals surface area (Å²) in [5.41, 5.74) is 0.871. The Morgan fingerprint density at radius 3 is 2.54 bits per heavy atom. The normalized spacial score (nSPS) is 20.6. The highest BCUT2D eigenvalue weighted by Crippen LogP contribution is 2.30. The number of aromatic nitrogens is 1. The van der Waals surface area contributed by atoms with Gasteiger partial charge in [-0.25, -0.2) is 8.42 Å². The monoisotopic (exact) mass is 421 g/mol. The van der Waals surface area contributed by atoms with Crippen molar-refractivity contribution in [3.63, 3.8) is 0 Å². The molecule has 28 heavy (non-hydrogen) atoms. The van der Waals surface area contributed by atoms with Crippen molar-refractivity contribution in [1.29, 1.82) is 0 Å². The Morgan fingerprint density at radius 1 is 1.18 bits per heavy atom. The van der Waals surface area contributed by atoms with Gasteiger partial charge in [-0.2, -0.15) is 4.31 Å². The summed E-state index contributed by atoms with van der Waals surface area (Å²) < 4.78 is 28.0. The fourth-order valence-electron chi connectivity index (χ4n) is 3.60. The van der Waals surface area contributed by atoms with Crippen molar-refractivity contribution in [1.82, 2.24) is 14.6 Å². The van der Waals surface area contributed by atoms with E-state index in [4.69, 9.17) is 11.6 Å². The summed E-state index contributed by atoms with van der Waals surface area (Å²) in [5, 5.41) is 3.39. The van der Waals surface area contributed by atoms with Crippen LogP contribution in [0, 0.1) is 0 Å². The number of piperidine rings is 1. The largest absolute Gasteiger partial charge is 0.354 e. The highest BCUT2D eigenvalue weighted by atomic mass is 35.5. The molecule has 1 N–H and O–H groups in total. The average molecular weight is 422 g/mol. The van der Waals surface area contributed by atoms with E-state index in [1.807, 2.05) is 6.92 Å². The van der Waals surface area contributed by atoms with E-state index >= 15 is 0 Å². The standard InChI is InChI=1S/C20H24ClN3O3S/c1-15-3-2-4-18(14-23-20(25)13-16-9-11-22-12-10-16)24(15)28(26,27)19-7-5-17(21)6-8-19/h5-12,15,18H,2-4,13-14H2,1H3,(H,23,25)/t15-,18-/m1/s1. The lowest BCUT2D eigenvalue weighted by Crippen LogP contribution is -2.53. The smallest absolute Gasteiger partial charge is 0.243 e. The minimum absolute atomic E-state index is 0.128. The predicted octanol–water partition coefficient (Wildman–Crippen LogP) is 3.03. The van der Waals surface area contributed by atoms with Crippen LogP contribution in [0.3, 0.4) is 0 Å². The summed E-state index contributed by atoms with van der Waals surface area (Å²) in [6.07, 6.45) is 5.98. The molecule has 1 aromatic carbocycles. The van der Waals surface area contributed by atoms with Gasteiger partial charge in [0.05, 0.1) is 11.3 Å². The average Bonchev–Trinajstić information content (AvgIpc) is 2.67. The third-order valence-electron chi connectivity index (χ3n) is 4.99. The molecule has 0 spiro atoms. The first kappa shape index (κ1) is 20.8. The first-order chi connectivity index (χ1) is 13.4. The highest BCUT2D eigenvalue weighted by molar-refractivity contribution is 7.89. The number of benzene rings is 1. The van der Waals surface area contributed by atoms with Crippen molar-refractivity contribution in [3.05, 3.63) is 59.4 Å². The van der Waals surface area contributed by atoms with Crippen molar-refractivity contribution in [3.8, 4) is 0 Å². The number of amides is 1. The van der Waals surface area contributed by atoms with E-state index in [0.717, 1.165) is 18.4 Å². The Bertz CT molecular complexity index is 904. The summed E-state index contributed by atoms with van der Waals surface area (Å²) in [7, 11) is -3.67. The number of carbonyl (C=O) groups excluding carboxylic acids is 1. The van der Waals surface area contributed by atoms with E-state index in [2.05, 4.69) is 10.3 Å². The zero-order valence-corrected chi connectivity index (χ0v) is 17.3. The maximum Gasteiger partial charge on any atom is 0.243 e. The molecule has 1 aliphatic heterocycles. The van der Waals surface area contributed by atoms with E-state index in [0.29, 0.717) is 18.0 Å². The topological polar surface area (TPSA) is 79.4 Å². The van der Waals surface area contributed by atoms with E-state index in [-0.39, 0.29) is 29.3 Å². The Morgan fingerprint density at radius 2 is 1.86 bits per heavy atom. The molecule has 1 aliphatic rings. The number of hydrogen-bond donors (Lipinski definition) is 1. The first-order valence-corrected chi connectivity index (χ1v) is 11.1. The van der Waals surface area contributed by atoms with Crippen LogP contribution < -0.4 is 5.32 Å². The maximum atomic E-state index is 13.2. The maximum absolute atomic E-state index is 13.2. The van der Waals surface area contributed by atoms with Crippen LogP contribution >= 0.6 is 11.6 Å². The van der Waals surface area contributed by atoms with Gasteiger partial charge in [-0.3, -0.25) is 9.78 Å². The predicted molar refractivity (Wildman–Crippen MR) is 109 cm³/mol. The van der Waals surface area contributed by atoms with Crippen LogP contribution in [0.4, 0.5) is 0 Å². The van der Waals surface area contributed by atoms with Crippen LogP contribution in [0.2, 0.25) is 5.02 Å². The Labute approximate surface area is 171 Å². The van der Waals surface area contributed by atoms with Crippen LogP contribution in [0.5, 0.6) is 0 Å². The van der Waals surface area contributed by atoms with Crippen molar-refractivity contribution >= 4 is 27.5 Å². The molecule has 1 fully saturated rings. The molecule has 1 aromatic heterocycles. The van der Waals surface area contributed by atoms with Gasteiger partial charge in [0.25, 0.3) is 0 Å². The van der Waals surface area contributed by atoms with E-state index in [1.165, 1.54) is 12.1 Å². The Kier molecular flexibility index (Phi) is 6.69. The third kappa shape index (κ3) is 4.90. The van der Waals surface area contributed by atoms with Gasteiger partial charge in [-0.05, 0) is 61.7 Å². The minimum atomic E-state index is -3.67. The number of halogens is 1. The van der Waals surface area contributed by atoms with Gasteiger partial charge in [0.15, 0.2) is 0 Å². The van der Waals surface area contributed by atoms with Gasteiger partial charge >= 0.3 is 0 Å². The van der Waals surface area contributed by atoms with Crippen LogP contribution in [0.15, 0.2) is 53.7 Å². The zero-order valence-electron chi connectivity index (χ0n) is 15.7. The number of rotatable bonds is 6. The molecular formula is C20H24ClN3O3S. The second-order valence-corrected chi connectivity index (χ2v) is 9.34. The molecule has 3 rings (SSSR count). The number of hydrogen-bond acceptors (Lipinski definition) is 4. The third-order valence-corrected chi connectivity index (χ3v) is 7.32. The molecule has 0 unspecified atom stereocenters. The lowest BCUT2D eigenvalue weighted by Gasteiger charge is -2.39. The Balaban J connectivity index is 1.71. The molecule has 1 amide bonds. The quantitative estimate of drug-likeness (QED) is 0.777. The summed E-state index contributed by atoms with van der Waals surface area (Å²) in [6, 6.07) is 9.39. The molecule has 2 atom stereocenters. The lowest BCUT2D eigenvalue weighted by atomic mass is 9.99. The van der Waals surface area contributed by atoms with Crippen LogP contribution in [-0.4, -0.2) is 42.2 Å². The van der Waals surface area contributed by atoms with Gasteiger partial charge in [0.1, 0.15) is 0 Å². The van der Waals surface area contributed by atoms with Gasteiger partial charge in [-0.1, -0.05) is 18.0 Å². The lowest BCUT2D eigenvalue weighted by molar-refractivity contribution is -0.120. The SMILES string of the molecule is C[C@@H]1CCC[C@H](CNC(=O)Cc2ccncc2)N1S(=O)(=O)c1ccc(Cl)cc1. The molecule has 0 saturated carbocycles. The summed E-state index contributed by atoms with van der Waals surface area (Å²) in [6.45, 7) is 2.21. The molecule has 0 aliphatic carbocycles. The molecule has 2 heterocycles. The van der Waals surface area contributed by atoms with Gasteiger partial charge in [-0.15, -0.1) is 0 Å². The molecule has 6 nitrogen and oxygen atoms in total. The van der Waals surface area contributed by atoms with E-state index in [1.54, 1.807) is 41.0 Å². The highest BCUT2D eigenvalue weighted by Gasteiger charge is 2.37. The van der Waals surface area contributed by atoms with Crippen LogP contribution in [-0.2, 0) is 21.2 Å². The number of pyridine rings is 1. The van der Waals surface area contributed by atoms with Crippen molar-refractivity contribution in [2.24, 2.45) is 0 Å². The first-order valence-electron chi connectivity index (χ1n) is 9.32. The number of carbonyl (C=O) groups is 1. The number of nitrogens with one attached hydrogen (secondary N) is 1. The van der Waals surface area contributed by atoms with Gasteiger partial charge in [0.2, 0.25) is 15.9 Å². The van der Waals surface area contributed by atoms with Crippen LogP contribution in [0.25, 0.3) is 0 Å². The van der Waals surface area contributed by atoms with Crippen molar-refractivity contribution in [2.75, 3.05) is 6.54 Å². The van der Waals surface area contributed by atoms with Gasteiger partial charge in [0, 0.05) is 36.0 Å². The summed E-state index contributed by atoms with van der Waals surface area (Å²) in [4.78, 5) is 16.4. The molecule has 1 saturated heterocycles. The fourth-order valence-corrected chi connectivity index (χ4v) is 5.60. The minimum Gasteiger partial charge on any atom is -0.354 e.